The van der Waals surface area contributed by atoms with Crippen molar-refractivity contribution in [1.82, 2.24) is 4.57 Å². The summed E-state index contributed by atoms with van der Waals surface area (Å²) < 4.78 is 40.0. The van der Waals surface area contributed by atoms with E-state index >= 15 is 0 Å². The SMILES string of the molecule is O=C(O)c1cccc2ccn(Cc3cccc(C(F)(F)F)c3)c12. The monoisotopic (exact) mass is 319 g/mol. The van der Waals surface area contributed by atoms with E-state index < -0.39 is 17.7 Å². The maximum atomic E-state index is 12.8. The molecular weight excluding hydrogens is 307 g/mol. The van der Waals surface area contributed by atoms with Crippen molar-refractivity contribution >= 4 is 16.9 Å². The Balaban J connectivity index is 2.04. The van der Waals surface area contributed by atoms with Crippen LogP contribution in [0.2, 0.25) is 0 Å². The van der Waals surface area contributed by atoms with Crippen LogP contribution in [0.5, 0.6) is 0 Å². The molecule has 6 heteroatoms. The highest BCUT2D eigenvalue weighted by Crippen LogP contribution is 2.30. The second-order valence-electron chi connectivity index (χ2n) is 5.19. The number of alkyl halides is 3. The second-order valence-corrected chi connectivity index (χ2v) is 5.19. The number of hydrogen-bond donors (Lipinski definition) is 1. The van der Waals surface area contributed by atoms with E-state index in [2.05, 4.69) is 0 Å². The summed E-state index contributed by atoms with van der Waals surface area (Å²) in [7, 11) is 0. The molecule has 0 fully saturated rings. The topological polar surface area (TPSA) is 42.2 Å². The van der Waals surface area contributed by atoms with Crippen molar-refractivity contribution in [3.8, 4) is 0 Å². The fourth-order valence-corrected chi connectivity index (χ4v) is 2.61. The molecule has 3 aromatic rings. The van der Waals surface area contributed by atoms with Gasteiger partial charge in [0.25, 0.3) is 0 Å². The molecule has 0 aliphatic carbocycles. The van der Waals surface area contributed by atoms with Gasteiger partial charge in [-0.25, -0.2) is 4.79 Å². The van der Waals surface area contributed by atoms with Crippen LogP contribution in [0.4, 0.5) is 13.2 Å². The van der Waals surface area contributed by atoms with Crippen molar-refractivity contribution < 1.29 is 23.1 Å². The molecule has 0 amide bonds. The molecule has 0 radical (unpaired) electrons. The lowest BCUT2D eigenvalue weighted by molar-refractivity contribution is -0.137. The van der Waals surface area contributed by atoms with E-state index in [4.69, 9.17) is 0 Å². The lowest BCUT2D eigenvalue weighted by Crippen LogP contribution is -2.07. The van der Waals surface area contributed by atoms with Gasteiger partial charge in [-0.05, 0) is 29.8 Å². The Hall–Kier alpha value is -2.76. The molecular formula is C17H12F3NO2. The molecule has 2 aromatic carbocycles. The van der Waals surface area contributed by atoms with Gasteiger partial charge in [-0.2, -0.15) is 13.2 Å². The first-order valence-corrected chi connectivity index (χ1v) is 6.83. The summed E-state index contributed by atoms with van der Waals surface area (Å²) in [6.07, 6.45) is -2.72. The fraction of sp³-hybridized carbons (Fsp3) is 0.118. The molecule has 0 spiro atoms. The zero-order valence-electron chi connectivity index (χ0n) is 11.8. The van der Waals surface area contributed by atoms with Crippen LogP contribution in [0.3, 0.4) is 0 Å². The third-order valence-corrected chi connectivity index (χ3v) is 3.63. The minimum atomic E-state index is -4.40. The number of nitrogens with zero attached hydrogens (tertiary/aromatic N) is 1. The number of aromatic nitrogens is 1. The summed E-state index contributed by atoms with van der Waals surface area (Å²) in [5.74, 6) is -1.07. The zero-order valence-corrected chi connectivity index (χ0v) is 11.8. The molecule has 1 N–H and O–H groups in total. The smallest absolute Gasteiger partial charge is 0.416 e. The molecule has 23 heavy (non-hydrogen) atoms. The first kappa shape index (κ1) is 15.1. The van der Waals surface area contributed by atoms with Gasteiger partial charge in [0.1, 0.15) is 0 Å². The summed E-state index contributed by atoms with van der Waals surface area (Å²) in [4.78, 5) is 11.3. The van der Waals surface area contributed by atoms with Crippen molar-refractivity contribution in [2.75, 3.05) is 0 Å². The average Bonchev–Trinajstić information content (AvgIpc) is 2.90. The molecule has 0 aliphatic heterocycles. The van der Waals surface area contributed by atoms with Gasteiger partial charge in [0.05, 0.1) is 16.6 Å². The minimum absolute atomic E-state index is 0.125. The van der Waals surface area contributed by atoms with Gasteiger partial charge in [0.15, 0.2) is 0 Å². The molecule has 3 nitrogen and oxygen atoms in total. The highest BCUT2D eigenvalue weighted by Gasteiger charge is 2.30. The Morgan fingerprint density at radius 3 is 2.52 bits per heavy atom. The number of aromatic carboxylic acids is 1. The van der Waals surface area contributed by atoms with Gasteiger partial charge < -0.3 is 9.67 Å². The highest BCUT2D eigenvalue weighted by molar-refractivity contribution is 6.02. The molecule has 0 aliphatic rings. The molecule has 0 unspecified atom stereocenters. The Morgan fingerprint density at radius 2 is 1.83 bits per heavy atom. The molecule has 3 rings (SSSR count). The molecule has 118 valence electrons. The summed E-state index contributed by atoms with van der Waals surface area (Å²) in [5, 5.41) is 10.0. The predicted molar refractivity (Wildman–Crippen MR) is 79.4 cm³/mol. The first-order valence-electron chi connectivity index (χ1n) is 6.83. The Labute approximate surface area is 129 Å². The number of fused-ring (bicyclic) bond motifs is 1. The maximum Gasteiger partial charge on any atom is 0.416 e. The van der Waals surface area contributed by atoms with Crippen LogP contribution in [0.15, 0.2) is 54.7 Å². The van der Waals surface area contributed by atoms with E-state index in [0.29, 0.717) is 11.1 Å². The van der Waals surface area contributed by atoms with Gasteiger partial charge >= 0.3 is 12.1 Å². The normalized spacial score (nSPS) is 11.8. The third kappa shape index (κ3) is 2.92. The van der Waals surface area contributed by atoms with Crippen molar-refractivity contribution in [3.63, 3.8) is 0 Å². The van der Waals surface area contributed by atoms with Crippen LogP contribution in [0, 0.1) is 0 Å². The van der Waals surface area contributed by atoms with Crippen molar-refractivity contribution in [1.29, 1.82) is 0 Å². The van der Waals surface area contributed by atoms with Gasteiger partial charge in [0.2, 0.25) is 0 Å². The van der Waals surface area contributed by atoms with E-state index in [-0.39, 0.29) is 12.1 Å². The Morgan fingerprint density at radius 1 is 1.09 bits per heavy atom. The standard InChI is InChI=1S/C17H12F3NO2/c18-17(19,20)13-5-1-3-11(9-13)10-21-8-7-12-4-2-6-14(15(12)21)16(22)23/h1-9H,10H2,(H,22,23). The number of carboxylic acids is 1. The van der Waals surface area contributed by atoms with Crippen LogP contribution in [0.25, 0.3) is 10.9 Å². The van der Waals surface area contributed by atoms with Crippen LogP contribution in [-0.2, 0) is 12.7 Å². The highest BCUT2D eigenvalue weighted by atomic mass is 19.4. The summed E-state index contributed by atoms with van der Waals surface area (Å²) >= 11 is 0. The van der Waals surface area contributed by atoms with Gasteiger partial charge in [-0.15, -0.1) is 0 Å². The quantitative estimate of drug-likeness (QED) is 0.777. The molecule has 0 atom stereocenters. The number of benzene rings is 2. The van der Waals surface area contributed by atoms with Crippen LogP contribution in [-0.4, -0.2) is 15.6 Å². The molecule has 1 heterocycles. The number of carboxylic acid groups (broad SMARTS) is 1. The van der Waals surface area contributed by atoms with E-state index in [1.165, 1.54) is 12.1 Å². The maximum absolute atomic E-state index is 12.8. The van der Waals surface area contributed by atoms with Gasteiger partial charge in [-0.1, -0.05) is 24.3 Å². The largest absolute Gasteiger partial charge is 0.478 e. The van der Waals surface area contributed by atoms with Gasteiger partial charge in [-0.3, -0.25) is 0 Å². The minimum Gasteiger partial charge on any atom is -0.478 e. The molecule has 1 aromatic heterocycles. The van der Waals surface area contributed by atoms with Crippen molar-refractivity contribution in [2.24, 2.45) is 0 Å². The van der Waals surface area contributed by atoms with E-state index in [0.717, 1.165) is 17.5 Å². The average molecular weight is 319 g/mol. The van der Waals surface area contributed by atoms with E-state index in [1.807, 2.05) is 0 Å². The second kappa shape index (κ2) is 5.46. The van der Waals surface area contributed by atoms with E-state index in [9.17, 15) is 23.1 Å². The molecule has 0 bridgehead atoms. The number of rotatable bonds is 3. The number of hydrogen-bond acceptors (Lipinski definition) is 1. The van der Waals surface area contributed by atoms with Crippen molar-refractivity contribution in [2.45, 2.75) is 12.7 Å². The number of para-hydroxylation sites is 1. The van der Waals surface area contributed by atoms with Crippen LogP contribution in [0.1, 0.15) is 21.5 Å². The third-order valence-electron chi connectivity index (χ3n) is 3.63. The summed E-state index contributed by atoms with van der Waals surface area (Å²) in [6.45, 7) is 0.164. The summed E-state index contributed by atoms with van der Waals surface area (Å²) in [5.41, 5.74) is 0.360. The first-order chi connectivity index (χ1) is 10.9. The number of carbonyl (C=O) groups is 1. The number of halogens is 3. The van der Waals surface area contributed by atoms with Crippen molar-refractivity contribution in [3.05, 3.63) is 71.4 Å². The lowest BCUT2D eigenvalue weighted by Gasteiger charge is -2.11. The van der Waals surface area contributed by atoms with Crippen LogP contribution >= 0.6 is 0 Å². The summed E-state index contributed by atoms with van der Waals surface area (Å²) in [6, 6.07) is 11.7. The Kier molecular flexibility index (Phi) is 3.60. The van der Waals surface area contributed by atoms with Gasteiger partial charge in [0, 0.05) is 18.1 Å². The fourth-order valence-electron chi connectivity index (χ4n) is 2.61. The Bertz CT molecular complexity index is 881. The predicted octanol–water partition coefficient (Wildman–Crippen LogP) is 4.41. The lowest BCUT2D eigenvalue weighted by atomic mass is 10.1. The zero-order chi connectivity index (χ0) is 16.6. The van der Waals surface area contributed by atoms with Crippen LogP contribution < -0.4 is 0 Å². The molecule has 0 saturated carbocycles. The molecule has 0 saturated heterocycles. The van der Waals surface area contributed by atoms with E-state index in [1.54, 1.807) is 35.0 Å².